The highest BCUT2D eigenvalue weighted by Crippen LogP contribution is 2.22. The summed E-state index contributed by atoms with van der Waals surface area (Å²) in [6.45, 7) is 5.13. The fraction of sp³-hybridized carbons (Fsp3) is 0.286. The maximum atomic E-state index is 13.1. The fourth-order valence-electron chi connectivity index (χ4n) is 2.96. The van der Waals surface area contributed by atoms with Crippen LogP contribution in [0, 0.1) is 5.82 Å². The van der Waals surface area contributed by atoms with E-state index >= 15 is 0 Å². The summed E-state index contributed by atoms with van der Waals surface area (Å²) in [6, 6.07) is 12.1. The Morgan fingerprint density at radius 1 is 1.26 bits per heavy atom. The van der Waals surface area contributed by atoms with Gasteiger partial charge in [0.05, 0.1) is 24.3 Å². The van der Waals surface area contributed by atoms with E-state index in [0.29, 0.717) is 5.56 Å². The molecule has 0 aliphatic carbocycles. The molecule has 2 aromatic rings. The predicted molar refractivity (Wildman–Crippen MR) is 106 cm³/mol. The Morgan fingerprint density at radius 3 is 2.78 bits per heavy atom. The Labute approximate surface area is 163 Å². The minimum absolute atomic E-state index is 0.146. The number of hydrogen-bond acceptors (Lipinski definition) is 3. The van der Waals surface area contributed by atoms with Crippen molar-refractivity contribution in [3.63, 3.8) is 0 Å². The van der Waals surface area contributed by atoms with Gasteiger partial charge in [0.15, 0.2) is 0 Å². The molecular formula is C21H22ClFN2O2. The first-order valence-electron chi connectivity index (χ1n) is 8.89. The van der Waals surface area contributed by atoms with Crippen molar-refractivity contribution < 1.29 is 13.9 Å². The van der Waals surface area contributed by atoms with Crippen molar-refractivity contribution in [1.29, 1.82) is 0 Å². The third-order valence-corrected chi connectivity index (χ3v) is 4.81. The molecule has 1 N–H and O–H groups in total. The van der Waals surface area contributed by atoms with E-state index in [4.69, 9.17) is 16.3 Å². The van der Waals surface area contributed by atoms with E-state index < -0.39 is 5.82 Å². The average Bonchev–Trinajstić information content (AvgIpc) is 2.68. The van der Waals surface area contributed by atoms with Gasteiger partial charge in [0, 0.05) is 24.9 Å². The van der Waals surface area contributed by atoms with Gasteiger partial charge in [0.25, 0.3) is 0 Å². The summed E-state index contributed by atoms with van der Waals surface area (Å²) < 4.78 is 18.5. The van der Waals surface area contributed by atoms with Gasteiger partial charge >= 0.3 is 0 Å². The first kappa shape index (κ1) is 19.4. The Balaban J connectivity index is 1.63. The van der Waals surface area contributed by atoms with Gasteiger partial charge < -0.3 is 15.0 Å². The van der Waals surface area contributed by atoms with Crippen molar-refractivity contribution in [2.45, 2.75) is 13.0 Å². The molecule has 27 heavy (non-hydrogen) atoms. The van der Waals surface area contributed by atoms with Crippen LogP contribution in [0.1, 0.15) is 24.1 Å². The van der Waals surface area contributed by atoms with E-state index in [-0.39, 0.29) is 17.0 Å². The normalized spacial score (nSPS) is 15.7. The third-order valence-electron chi connectivity index (χ3n) is 4.48. The van der Waals surface area contributed by atoms with Gasteiger partial charge in [-0.1, -0.05) is 29.8 Å². The lowest BCUT2D eigenvalue weighted by atomic mass is 10.1. The van der Waals surface area contributed by atoms with Gasteiger partial charge in [0.1, 0.15) is 5.82 Å². The highest BCUT2D eigenvalue weighted by Gasteiger charge is 2.14. The van der Waals surface area contributed by atoms with E-state index in [1.807, 2.05) is 19.1 Å². The third kappa shape index (κ3) is 5.31. The highest BCUT2D eigenvalue weighted by atomic mass is 35.5. The van der Waals surface area contributed by atoms with E-state index in [1.165, 1.54) is 24.3 Å². The molecule has 0 radical (unpaired) electrons. The van der Waals surface area contributed by atoms with Crippen molar-refractivity contribution in [3.05, 3.63) is 70.5 Å². The molecule has 6 heteroatoms. The Hall–Kier alpha value is -2.37. The number of amides is 1. The number of nitrogens with one attached hydrogen (secondary N) is 1. The molecule has 0 unspecified atom stereocenters. The molecule has 1 fully saturated rings. The van der Waals surface area contributed by atoms with E-state index in [1.54, 1.807) is 6.08 Å². The zero-order valence-electron chi connectivity index (χ0n) is 15.1. The van der Waals surface area contributed by atoms with Gasteiger partial charge in [-0.3, -0.25) is 4.79 Å². The second-order valence-corrected chi connectivity index (χ2v) is 6.83. The van der Waals surface area contributed by atoms with Gasteiger partial charge in [0.2, 0.25) is 5.91 Å². The number of morpholine rings is 1. The van der Waals surface area contributed by atoms with Gasteiger partial charge in [-0.2, -0.15) is 0 Å². The summed E-state index contributed by atoms with van der Waals surface area (Å²) >= 11 is 5.97. The SMILES string of the molecule is C[C@H](NC(=O)C=Cc1ccc(F)cc1Cl)c1cccc(N2CCOCC2)c1. The molecule has 2 aromatic carbocycles. The quantitative estimate of drug-likeness (QED) is 0.780. The van der Waals surface area contributed by atoms with Crippen molar-refractivity contribution in [1.82, 2.24) is 5.32 Å². The Morgan fingerprint density at radius 2 is 2.04 bits per heavy atom. The van der Waals surface area contributed by atoms with Crippen molar-refractivity contribution in [2.75, 3.05) is 31.2 Å². The first-order valence-corrected chi connectivity index (χ1v) is 9.27. The molecule has 0 bridgehead atoms. The topological polar surface area (TPSA) is 41.6 Å². The molecule has 142 valence electrons. The highest BCUT2D eigenvalue weighted by molar-refractivity contribution is 6.32. The number of rotatable bonds is 5. The molecular weight excluding hydrogens is 367 g/mol. The maximum absolute atomic E-state index is 13.1. The zero-order chi connectivity index (χ0) is 19.2. The molecule has 3 rings (SSSR count). The van der Waals surface area contributed by atoms with Crippen molar-refractivity contribution >= 4 is 29.3 Å². The number of benzene rings is 2. The standard InChI is InChI=1S/C21H22ClFN2O2/c1-15(17-3-2-4-19(13-17)25-9-11-27-12-10-25)24-21(26)8-6-16-5-7-18(23)14-20(16)22/h2-8,13-15H,9-12H2,1H3,(H,24,26)/t15-/m0/s1. The smallest absolute Gasteiger partial charge is 0.244 e. The number of halogens is 2. The van der Waals surface area contributed by atoms with Crippen molar-refractivity contribution in [2.24, 2.45) is 0 Å². The number of carbonyl (C=O) groups excluding carboxylic acids is 1. The van der Waals surface area contributed by atoms with Gasteiger partial charge in [-0.15, -0.1) is 0 Å². The maximum Gasteiger partial charge on any atom is 0.244 e. The predicted octanol–water partition coefficient (Wildman–Crippen LogP) is 4.21. The number of ether oxygens (including phenoxy) is 1. The number of nitrogens with zero attached hydrogens (tertiary/aromatic N) is 1. The van der Waals surface area contributed by atoms with Crippen LogP contribution in [0.3, 0.4) is 0 Å². The minimum Gasteiger partial charge on any atom is -0.378 e. The molecule has 0 saturated carbocycles. The number of carbonyl (C=O) groups is 1. The van der Waals surface area contributed by atoms with Crippen LogP contribution in [0.2, 0.25) is 5.02 Å². The fourth-order valence-corrected chi connectivity index (χ4v) is 3.19. The van der Waals surface area contributed by atoms with Crippen LogP contribution in [0.5, 0.6) is 0 Å². The molecule has 1 amide bonds. The summed E-state index contributed by atoms with van der Waals surface area (Å²) in [5.74, 6) is -0.643. The van der Waals surface area contributed by atoms with Crippen LogP contribution >= 0.6 is 11.6 Å². The van der Waals surface area contributed by atoms with Crippen LogP contribution in [0.15, 0.2) is 48.5 Å². The molecule has 0 spiro atoms. The second-order valence-electron chi connectivity index (χ2n) is 6.42. The van der Waals surface area contributed by atoms with Crippen LogP contribution in [-0.4, -0.2) is 32.2 Å². The molecule has 0 aromatic heterocycles. The summed E-state index contributed by atoms with van der Waals surface area (Å²) in [5.41, 5.74) is 2.75. The molecule has 1 aliphatic heterocycles. The summed E-state index contributed by atoms with van der Waals surface area (Å²) in [6.07, 6.45) is 2.98. The lowest BCUT2D eigenvalue weighted by molar-refractivity contribution is -0.117. The number of hydrogen-bond donors (Lipinski definition) is 1. The molecule has 1 heterocycles. The largest absolute Gasteiger partial charge is 0.378 e. The van der Waals surface area contributed by atoms with E-state index in [9.17, 15) is 9.18 Å². The van der Waals surface area contributed by atoms with E-state index in [0.717, 1.165) is 37.6 Å². The summed E-state index contributed by atoms with van der Waals surface area (Å²) in [4.78, 5) is 14.5. The van der Waals surface area contributed by atoms with Crippen molar-refractivity contribution in [3.8, 4) is 0 Å². The van der Waals surface area contributed by atoms with Crippen LogP contribution in [0.25, 0.3) is 6.08 Å². The Kier molecular flexibility index (Phi) is 6.48. The number of anilines is 1. The lowest BCUT2D eigenvalue weighted by Crippen LogP contribution is -2.36. The van der Waals surface area contributed by atoms with Gasteiger partial charge in [-0.25, -0.2) is 4.39 Å². The van der Waals surface area contributed by atoms with Crippen LogP contribution < -0.4 is 10.2 Å². The van der Waals surface area contributed by atoms with Crippen LogP contribution in [0.4, 0.5) is 10.1 Å². The molecule has 1 saturated heterocycles. The summed E-state index contributed by atoms with van der Waals surface area (Å²) in [7, 11) is 0. The lowest BCUT2D eigenvalue weighted by Gasteiger charge is -2.29. The average molecular weight is 389 g/mol. The molecule has 1 atom stereocenters. The van der Waals surface area contributed by atoms with Gasteiger partial charge in [-0.05, 0) is 48.4 Å². The Bertz CT molecular complexity index is 835. The first-order chi connectivity index (χ1) is 13.0. The zero-order valence-corrected chi connectivity index (χ0v) is 15.9. The monoisotopic (exact) mass is 388 g/mol. The minimum atomic E-state index is -0.407. The van der Waals surface area contributed by atoms with Crippen LogP contribution in [-0.2, 0) is 9.53 Å². The summed E-state index contributed by atoms with van der Waals surface area (Å²) in [5, 5.41) is 3.21. The molecule has 4 nitrogen and oxygen atoms in total. The van der Waals surface area contributed by atoms with E-state index in [2.05, 4.69) is 22.3 Å². The molecule has 1 aliphatic rings. The second kappa shape index (κ2) is 9.02.